The van der Waals surface area contributed by atoms with Crippen LogP contribution in [0.3, 0.4) is 0 Å². The van der Waals surface area contributed by atoms with Crippen molar-refractivity contribution >= 4 is 11.9 Å². The molecule has 97 valence electrons. The van der Waals surface area contributed by atoms with E-state index in [1.165, 1.54) is 0 Å². The summed E-state index contributed by atoms with van der Waals surface area (Å²) in [6, 6.07) is 0. The van der Waals surface area contributed by atoms with E-state index < -0.39 is 11.9 Å². The van der Waals surface area contributed by atoms with Crippen LogP contribution in [0.25, 0.3) is 0 Å². The third-order valence-corrected chi connectivity index (χ3v) is 0.349. The van der Waals surface area contributed by atoms with Crippen LogP contribution >= 0.6 is 0 Å². The molecule has 0 saturated carbocycles. The average molecular weight is 312 g/mol. The maximum atomic E-state index is 9.24. The predicted octanol–water partition coefficient (Wildman–Crippen LogP) is -9.58. The number of hydrogen-bond donors (Lipinski definition) is 4. The Balaban J connectivity index is -0.0000000128. The Morgan fingerprint density at radius 3 is 0.933 bits per heavy atom. The van der Waals surface area contributed by atoms with Gasteiger partial charge in [-0.05, 0) is 0 Å². The molecule has 0 fully saturated rings. The molecule has 0 aromatic heterocycles. The number of rotatable bonds is 2. The van der Waals surface area contributed by atoms with Crippen LogP contribution in [-0.4, -0.2) is 46.2 Å². The number of hydrogen-bond acceptors (Lipinski definition) is 4. The second kappa shape index (κ2) is 37.1. The fourth-order valence-electron chi connectivity index (χ4n) is 0. The Morgan fingerprint density at radius 1 is 0.867 bits per heavy atom. The quantitative estimate of drug-likeness (QED) is 0.366. The first-order valence-corrected chi connectivity index (χ1v) is 2.38. The standard InChI is InChI=1S/2C2H5NO2.2ClH.Mn.2H2O/c2*3-1-2(4)5;;;;;/h2*1,3H2,(H,4,5);2*1H;;2*1H2/q;;;;+2;;/p-2. The predicted molar refractivity (Wildman–Crippen MR) is 40.6 cm³/mol. The van der Waals surface area contributed by atoms with Gasteiger partial charge in [0.25, 0.3) is 0 Å². The van der Waals surface area contributed by atoms with E-state index in [2.05, 4.69) is 11.5 Å². The van der Waals surface area contributed by atoms with E-state index in [1.807, 2.05) is 0 Å². The van der Waals surface area contributed by atoms with Crippen molar-refractivity contribution in [2.75, 3.05) is 13.1 Å². The second-order valence-electron chi connectivity index (χ2n) is 1.20. The minimum atomic E-state index is -0.968. The number of halogens is 2. The largest absolute Gasteiger partial charge is 2.00 e. The van der Waals surface area contributed by atoms with Gasteiger partial charge in [0.1, 0.15) is 0 Å². The van der Waals surface area contributed by atoms with E-state index in [1.54, 1.807) is 0 Å². The van der Waals surface area contributed by atoms with Crippen LogP contribution in [0.2, 0.25) is 0 Å². The van der Waals surface area contributed by atoms with Crippen molar-refractivity contribution < 1.29 is 72.6 Å². The fourth-order valence-corrected chi connectivity index (χ4v) is 0. The summed E-state index contributed by atoms with van der Waals surface area (Å²) < 4.78 is 0. The molecule has 10 N–H and O–H groups in total. The minimum Gasteiger partial charge on any atom is -1.00 e. The maximum absolute atomic E-state index is 9.24. The van der Waals surface area contributed by atoms with Crippen LogP contribution in [0.5, 0.6) is 0 Å². The van der Waals surface area contributed by atoms with Gasteiger partial charge in [0.2, 0.25) is 0 Å². The van der Waals surface area contributed by atoms with Crippen LogP contribution in [0.1, 0.15) is 0 Å². The summed E-state index contributed by atoms with van der Waals surface area (Å²) in [7, 11) is 0. The number of carboxylic acids is 2. The normalized spacial score (nSPS) is 4.93. The van der Waals surface area contributed by atoms with Crippen LogP contribution in [-0.2, 0) is 26.7 Å². The maximum Gasteiger partial charge on any atom is 2.00 e. The molecule has 0 atom stereocenters. The van der Waals surface area contributed by atoms with Crippen molar-refractivity contribution in [3.05, 3.63) is 0 Å². The van der Waals surface area contributed by atoms with E-state index in [0.717, 1.165) is 0 Å². The Hall–Kier alpha value is -0.121. The Labute approximate surface area is 109 Å². The Morgan fingerprint density at radius 2 is 0.933 bits per heavy atom. The van der Waals surface area contributed by atoms with Crippen molar-refractivity contribution in [1.82, 2.24) is 0 Å². The molecule has 0 amide bonds. The molecule has 0 spiro atoms. The van der Waals surface area contributed by atoms with Crippen LogP contribution in [0.15, 0.2) is 0 Å². The van der Waals surface area contributed by atoms with E-state index in [0.29, 0.717) is 0 Å². The number of aliphatic carboxylic acids is 2. The zero-order chi connectivity index (χ0) is 8.57. The zero-order valence-corrected chi connectivity index (χ0v) is 10.1. The molecule has 1 radical (unpaired) electrons. The van der Waals surface area contributed by atoms with Crippen molar-refractivity contribution in [2.45, 2.75) is 0 Å². The summed E-state index contributed by atoms with van der Waals surface area (Å²) in [6.45, 7) is -0.556. The third-order valence-electron chi connectivity index (χ3n) is 0.349. The van der Waals surface area contributed by atoms with Gasteiger partial charge in [-0.2, -0.15) is 0 Å². The molecule has 0 aliphatic heterocycles. The topological polar surface area (TPSA) is 190 Å². The van der Waals surface area contributed by atoms with E-state index in [4.69, 9.17) is 10.2 Å². The summed E-state index contributed by atoms with van der Waals surface area (Å²) in [5.74, 6) is -1.94. The van der Waals surface area contributed by atoms with Crippen LogP contribution in [0.4, 0.5) is 0 Å². The van der Waals surface area contributed by atoms with Crippen molar-refractivity contribution in [3.63, 3.8) is 0 Å². The summed E-state index contributed by atoms with van der Waals surface area (Å²) >= 11 is 0. The van der Waals surface area contributed by atoms with Gasteiger partial charge in [0.05, 0.1) is 13.1 Å². The minimum absolute atomic E-state index is 0. The molecular formula is C4H14Cl2MnN2O6. The molecule has 0 heterocycles. The molecule has 0 aliphatic rings. The van der Waals surface area contributed by atoms with E-state index in [-0.39, 0.29) is 65.9 Å². The van der Waals surface area contributed by atoms with Gasteiger partial charge in [0, 0.05) is 0 Å². The summed E-state index contributed by atoms with van der Waals surface area (Å²) in [5.41, 5.74) is 9.14. The van der Waals surface area contributed by atoms with Gasteiger partial charge in [-0.1, -0.05) is 0 Å². The number of nitrogens with two attached hydrogens (primary N) is 2. The van der Waals surface area contributed by atoms with Crippen LogP contribution in [0, 0.1) is 0 Å². The third kappa shape index (κ3) is 130. The molecular weight excluding hydrogens is 298 g/mol. The van der Waals surface area contributed by atoms with Gasteiger partial charge in [0.15, 0.2) is 0 Å². The smallest absolute Gasteiger partial charge is 1.00 e. The molecule has 0 unspecified atom stereocenters. The van der Waals surface area contributed by atoms with Gasteiger partial charge in [-0.3, -0.25) is 9.59 Å². The first kappa shape index (κ1) is 46.2. The first-order chi connectivity index (χ1) is 4.54. The number of carbonyl (C=O) groups is 2. The monoisotopic (exact) mass is 311 g/mol. The van der Waals surface area contributed by atoms with Gasteiger partial charge >= 0.3 is 29.0 Å². The molecule has 0 aliphatic carbocycles. The number of carboxylic acid groups (broad SMARTS) is 2. The van der Waals surface area contributed by atoms with Gasteiger partial charge in [-0.25, -0.2) is 0 Å². The Kier molecular flexibility index (Phi) is 114. The Bertz CT molecular complexity index is 116. The summed E-state index contributed by atoms with van der Waals surface area (Å²) in [5, 5.41) is 15.2. The van der Waals surface area contributed by atoms with Crippen molar-refractivity contribution in [3.8, 4) is 0 Å². The molecule has 0 aromatic rings. The van der Waals surface area contributed by atoms with E-state index >= 15 is 0 Å². The first-order valence-electron chi connectivity index (χ1n) is 2.38. The van der Waals surface area contributed by atoms with Crippen LogP contribution < -0.4 is 36.3 Å². The fraction of sp³-hybridized carbons (Fsp3) is 0.500. The van der Waals surface area contributed by atoms with E-state index in [9.17, 15) is 9.59 Å². The average Bonchev–Trinajstić information content (AvgIpc) is 1.89. The van der Waals surface area contributed by atoms with Crippen molar-refractivity contribution in [1.29, 1.82) is 0 Å². The molecule has 11 heteroatoms. The summed E-state index contributed by atoms with van der Waals surface area (Å²) in [6.07, 6.45) is 0. The molecule has 0 bridgehead atoms. The molecule has 15 heavy (non-hydrogen) atoms. The second-order valence-corrected chi connectivity index (χ2v) is 1.20. The molecule has 0 rings (SSSR count). The zero-order valence-electron chi connectivity index (χ0n) is 7.41. The molecule has 0 aromatic carbocycles. The molecule has 8 nitrogen and oxygen atoms in total. The van der Waals surface area contributed by atoms with Crippen molar-refractivity contribution in [2.24, 2.45) is 11.5 Å². The van der Waals surface area contributed by atoms with Gasteiger partial charge in [-0.15, -0.1) is 0 Å². The SMILES string of the molecule is NCC(=O)O.NCC(=O)O.O.O.[Cl-].[Cl-].[Mn+2]. The summed E-state index contributed by atoms with van der Waals surface area (Å²) in [4.78, 5) is 18.5. The molecule has 0 saturated heterocycles. The van der Waals surface area contributed by atoms with Gasteiger partial charge < -0.3 is 57.4 Å².